The Labute approximate surface area is 162 Å². The second kappa shape index (κ2) is 6.96. The first-order chi connectivity index (χ1) is 13.4. The molecule has 7 nitrogen and oxygen atoms in total. The monoisotopic (exact) mass is 401 g/mol. The third-order valence-corrected chi connectivity index (χ3v) is 6.35. The second-order valence-corrected chi connectivity index (χ2v) is 8.44. The lowest BCUT2D eigenvalue weighted by molar-refractivity contribution is 0.0664. The fourth-order valence-electron chi connectivity index (χ4n) is 3.45. The van der Waals surface area contributed by atoms with Crippen molar-refractivity contribution in [3.8, 4) is 5.75 Å². The number of para-hydroxylation sites is 1. The maximum absolute atomic E-state index is 12.7. The van der Waals surface area contributed by atoms with Crippen LogP contribution in [0.3, 0.4) is 0 Å². The zero-order chi connectivity index (χ0) is 19.9. The van der Waals surface area contributed by atoms with E-state index in [4.69, 9.17) is 14.3 Å². The number of carboxylic acids is 1. The first-order valence-corrected chi connectivity index (χ1v) is 10.3. The van der Waals surface area contributed by atoms with Crippen molar-refractivity contribution in [2.75, 3.05) is 13.2 Å². The molecule has 2 heterocycles. The summed E-state index contributed by atoms with van der Waals surface area (Å²) in [6, 6.07) is 10.2. The number of sulfonamides is 1. The fourth-order valence-corrected chi connectivity index (χ4v) is 4.51. The number of rotatable bonds is 6. The maximum Gasteiger partial charge on any atom is 0.372 e. The first-order valence-electron chi connectivity index (χ1n) is 8.86. The van der Waals surface area contributed by atoms with E-state index in [2.05, 4.69) is 4.72 Å². The van der Waals surface area contributed by atoms with E-state index in [-0.39, 0.29) is 17.2 Å². The normalized spacial score (nSPS) is 13.5. The van der Waals surface area contributed by atoms with Gasteiger partial charge in [-0.2, -0.15) is 0 Å². The summed E-state index contributed by atoms with van der Waals surface area (Å²) in [7, 11) is -3.74. The molecule has 2 N–H and O–H groups in total. The Kier molecular flexibility index (Phi) is 4.60. The molecular formula is C20H19NO6S. The zero-order valence-electron chi connectivity index (χ0n) is 15.2. The second-order valence-electron chi connectivity index (χ2n) is 6.67. The van der Waals surface area contributed by atoms with E-state index in [9.17, 15) is 13.2 Å². The number of hydrogen-bond acceptors (Lipinski definition) is 5. The summed E-state index contributed by atoms with van der Waals surface area (Å²) in [6.45, 7) is 2.47. The lowest BCUT2D eigenvalue weighted by Crippen LogP contribution is -2.26. The summed E-state index contributed by atoms with van der Waals surface area (Å²) in [5.41, 5.74) is 2.86. The molecule has 0 amide bonds. The SMILES string of the molecule is Cc1c(C(=O)O)oc2ccc(S(=O)(=O)NCCc3cccc4c3OCC4)cc12. The van der Waals surface area contributed by atoms with Gasteiger partial charge >= 0.3 is 5.97 Å². The molecule has 0 atom stereocenters. The molecule has 4 rings (SSSR count). The van der Waals surface area contributed by atoms with Crippen LogP contribution in [0, 0.1) is 6.92 Å². The molecule has 0 saturated heterocycles. The van der Waals surface area contributed by atoms with Gasteiger partial charge in [0.15, 0.2) is 0 Å². The Morgan fingerprint density at radius 3 is 2.86 bits per heavy atom. The number of fused-ring (bicyclic) bond motifs is 2. The minimum Gasteiger partial charge on any atom is -0.493 e. The van der Waals surface area contributed by atoms with Crippen LogP contribution in [-0.2, 0) is 22.9 Å². The van der Waals surface area contributed by atoms with Gasteiger partial charge in [-0.3, -0.25) is 0 Å². The van der Waals surface area contributed by atoms with Crippen molar-refractivity contribution in [3.05, 3.63) is 58.8 Å². The van der Waals surface area contributed by atoms with E-state index in [0.29, 0.717) is 29.6 Å². The molecule has 0 fully saturated rings. The standard InChI is InChI=1S/C20H19NO6S/c1-12-16-11-15(5-6-17(16)27-18(12)20(22)23)28(24,25)21-9-7-13-3-2-4-14-8-10-26-19(13)14/h2-6,11,21H,7-10H2,1H3,(H,22,23). The number of benzene rings is 2. The van der Waals surface area contributed by atoms with Crippen molar-refractivity contribution in [1.29, 1.82) is 0 Å². The largest absolute Gasteiger partial charge is 0.493 e. The predicted octanol–water partition coefficient (Wildman–Crippen LogP) is 2.90. The highest BCUT2D eigenvalue weighted by Crippen LogP contribution is 2.30. The van der Waals surface area contributed by atoms with Crippen LogP contribution in [0.5, 0.6) is 5.75 Å². The molecule has 0 saturated carbocycles. The van der Waals surface area contributed by atoms with Gasteiger partial charge in [-0.05, 0) is 42.7 Å². The third-order valence-electron chi connectivity index (χ3n) is 4.89. The van der Waals surface area contributed by atoms with Crippen LogP contribution in [0.2, 0.25) is 0 Å². The highest BCUT2D eigenvalue weighted by atomic mass is 32.2. The van der Waals surface area contributed by atoms with Crippen LogP contribution >= 0.6 is 0 Å². The minimum absolute atomic E-state index is 0.0652. The van der Waals surface area contributed by atoms with Gasteiger partial charge in [0.25, 0.3) is 0 Å². The van der Waals surface area contributed by atoms with Crippen LogP contribution in [0.4, 0.5) is 0 Å². The Hall–Kier alpha value is -2.84. The summed E-state index contributed by atoms with van der Waals surface area (Å²) in [4.78, 5) is 11.3. The lowest BCUT2D eigenvalue weighted by atomic mass is 10.1. The van der Waals surface area contributed by atoms with Gasteiger partial charge in [-0.15, -0.1) is 0 Å². The van der Waals surface area contributed by atoms with Gasteiger partial charge in [-0.25, -0.2) is 17.9 Å². The summed E-state index contributed by atoms with van der Waals surface area (Å²) >= 11 is 0. The first kappa shape index (κ1) is 18.5. The molecule has 146 valence electrons. The molecule has 2 aromatic carbocycles. The molecule has 8 heteroatoms. The van der Waals surface area contributed by atoms with Crippen molar-refractivity contribution in [1.82, 2.24) is 4.72 Å². The molecule has 0 unspecified atom stereocenters. The van der Waals surface area contributed by atoms with Gasteiger partial charge in [0.2, 0.25) is 15.8 Å². The Bertz CT molecular complexity index is 1180. The smallest absolute Gasteiger partial charge is 0.372 e. The molecule has 3 aromatic rings. The van der Waals surface area contributed by atoms with Crippen molar-refractivity contribution in [3.63, 3.8) is 0 Å². The number of hydrogen-bond donors (Lipinski definition) is 2. The molecule has 0 radical (unpaired) electrons. The van der Waals surface area contributed by atoms with Crippen molar-refractivity contribution < 1.29 is 27.5 Å². The summed E-state index contributed by atoms with van der Waals surface area (Å²) in [6.07, 6.45) is 1.38. The highest BCUT2D eigenvalue weighted by Gasteiger charge is 2.21. The van der Waals surface area contributed by atoms with Crippen LogP contribution in [0.1, 0.15) is 27.2 Å². The van der Waals surface area contributed by atoms with E-state index in [1.54, 1.807) is 6.92 Å². The molecule has 0 spiro atoms. The molecule has 28 heavy (non-hydrogen) atoms. The lowest BCUT2D eigenvalue weighted by Gasteiger charge is -2.10. The topological polar surface area (TPSA) is 106 Å². The van der Waals surface area contributed by atoms with E-state index in [1.165, 1.54) is 18.2 Å². The van der Waals surface area contributed by atoms with E-state index >= 15 is 0 Å². The number of carboxylic acid groups (broad SMARTS) is 1. The summed E-state index contributed by atoms with van der Waals surface area (Å²) < 4.78 is 38.8. The van der Waals surface area contributed by atoms with Crippen molar-refractivity contribution in [2.24, 2.45) is 0 Å². The van der Waals surface area contributed by atoms with E-state index in [0.717, 1.165) is 23.3 Å². The highest BCUT2D eigenvalue weighted by molar-refractivity contribution is 7.89. The molecule has 1 aliphatic rings. The molecule has 1 aromatic heterocycles. The van der Waals surface area contributed by atoms with Gasteiger partial charge in [0.1, 0.15) is 11.3 Å². The van der Waals surface area contributed by atoms with Crippen LogP contribution in [0.15, 0.2) is 45.7 Å². The van der Waals surface area contributed by atoms with Crippen LogP contribution in [-0.4, -0.2) is 32.6 Å². The van der Waals surface area contributed by atoms with Gasteiger partial charge < -0.3 is 14.3 Å². The van der Waals surface area contributed by atoms with Crippen molar-refractivity contribution >= 4 is 27.0 Å². The van der Waals surface area contributed by atoms with Crippen LogP contribution in [0.25, 0.3) is 11.0 Å². The average Bonchev–Trinajstić information content (AvgIpc) is 3.26. The van der Waals surface area contributed by atoms with Crippen molar-refractivity contribution in [2.45, 2.75) is 24.7 Å². The quantitative estimate of drug-likeness (QED) is 0.658. The molecule has 1 aliphatic heterocycles. The Morgan fingerprint density at radius 1 is 1.25 bits per heavy atom. The molecular weight excluding hydrogens is 382 g/mol. The summed E-state index contributed by atoms with van der Waals surface area (Å²) in [5.74, 6) is -0.511. The number of aryl methyl sites for hydroxylation is 1. The fraction of sp³-hybridized carbons (Fsp3) is 0.250. The van der Waals surface area contributed by atoms with E-state index in [1.807, 2.05) is 18.2 Å². The van der Waals surface area contributed by atoms with Gasteiger partial charge in [0.05, 0.1) is 11.5 Å². The third kappa shape index (κ3) is 3.25. The minimum atomic E-state index is -3.74. The summed E-state index contributed by atoms with van der Waals surface area (Å²) in [5, 5.41) is 9.62. The number of furan rings is 1. The predicted molar refractivity (Wildman–Crippen MR) is 102 cm³/mol. The van der Waals surface area contributed by atoms with Gasteiger partial charge in [-0.1, -0.05) is 18.2 Å². The maximum atomic E-state index is 12.7. The van der Waals surface area contributed by atoms with Crippen LogP contribution < -0.4 is 9.46 Å². The molecule has 0 aliphatic carbocycles. The van der Waals surface area contributed by atoms with E-state index < -0.39 is 16.0 Å². The number of ether oxygens (including phenoxy) is 1. The number of aromatic carboxylic acids is 1. The number of nitrogens with one attached hydrogen (secondary N) is 1. The zero-order valence-corrected chi connectivity index (χ0v) is 16.0. The number of carbonyl (C=O) groups is 1. The van der Waals surface area contributed by atoms with Gasteiger partial charge in [0, 0.05) is 23.9 Å². The Morgan fingerprint density at radius 2 is 2.07 bits per heavy atom. The molecule has 0 bridgehead atoms. The average molecular weight is 401 g/mol. The Balaban J connectivity index is 1.53.